The normalized spacial score (nSPS) is 17.8. The Kier molecular flexibility index (Phi) is 67.9. The van der Waals surface area contributed by atoms with Gasteiger partial charge in [-0.25, -0.2) is 0 Å². The Labute approximate surface area is 559 Å². The third-order valence-electron chi connectivity index (χ3n) is 19.8. The lowest BCUT2D eigenvalue weighted by molar-refractivity contribution is -0.302. The molecule has 9 nitrogen and oxygen atoms in total. The first-order valence-corrected chi connectivity index (χ1v) is 40.6. The number of amides is 1. The highest BCUT2D eigenvalue weighted by Gasteiger charge is 2.44. The van der Waals surface area contributed by atoms with E-state index in [9.17, 15) is 30.3 Å². The van der Waals surface area contributed by atoms with E-state index in [1.807, 2.05) is 6.08 Å². The Balaban J connectivity index is 2.07. The van der Waals surface area contributed by atoms with Gasteiger partial charge in [0, 0.05) is 6.42 Å². The predicted octanol–water partition coefficient (Wildman–Crippen LogP) is 23.2. The van der Waals surface area contributed by atoms with Gasteiger partial charge < -0.3 is 40.3 Å². The summed E-state index contributed by atoms with van der Waals surface area (Å²) in [6, 6.07) is -0.821. The van der Waals surface area contributed by atoms with Gasteiger partial charge in [-0.3, -0.25) is 4.79 Å². The number of carbonyl (C=O) groups excluding carboxylic acids is 1. The third kappa shape index (κ3) is 58.1. The van der Waals surface area contributed by atoms with E-state index in [4.69, 9.17) is 9.47 Å². The molecule has 1 rings (SSSR count). The maximum atomic E-state index is 13.2. The van der Waals surface area contributed by atoms with Gasteiger partial charge in [0.2, 0.25) is 5.91 Å². The lowest BCUT2D eigenvalue weighted by atomic mass is 9.99. The molecule has 9 heteroatoms. The van der Waals surface area contributed by atoms with Crippen LogP contribution < -0.4 is 5.32 Å². The van der Waals surface area contributed by atoms with Crippen molar-refractivity contribution in [3.8, 4) is 0 Å². The van der Waals surface area contributed by atoms with E-state index in [1.54, 1.807) is 6.08 Å². The standard InChI is InChI=1S/C81H157NO8/c1-3-5-7-9-11-13-15-17-19-21-23-25-27-29-31-33-35-37-39-41-43-45-47-49-51-53-55-57-59-61-63-65-67-69-71-77(85)82-74(73-89-81-80(88)79(87)78(86)76(72-83)90-81)75(84)70-68-66-64-62-60-58-56-54-52-50-48-46-44-42-40-38-36-34-32-30-28-26-24-22-20-18-16-14-12-10-8-6-4-2/h60,62,68,70,74-76,78-81,83-84,86-88H,3-59,61,63-67,69,71-73H2,1-2H3,(H,82,85)/b62-60+,70-68+. The van der Waals surface area contributed by atoms with E-state index in [0.717, 1.165) is 38.5 Å². The van der Waals surface area contributed by atoms with Crippen molar-refractivity contribution in [3.05, 3.63) is 24.3 Å². The van der Waals surface area contributed by atoms with Crippen molar-refractivity contribution in [1.29, 1.82) is 0 Å². The van der Waals surface area contributed by atoms with Crippen LogP contribution in [0.15, 0.2) is 24.3 Å². The molecule has 1 saturated heterocycles. The van der Waals surface area contributed by atoms with Crippen LogP contribution in [0.4, 0.5) is 0 Å². The average Bonchev–Trinajstić information content (AvgIpc) is 1.28. The number of hydrogen-bond acceptors (Lipinski definition) is 8. The lowest BCUT2D eigenvalue weighted by Crippen LogP contribution is -2.60. The van der Waals surface area contributed by atoms with Crippen molar-refractivity contribution in [3.63, 3.8) is 0 Å². The van der Waals surface area contributed by atoms with Crippen LogP contribution >= 0.6 is 0 Å². The Hall–Kier alpha value is -1.33. The number of unbranched alkanes of at least 4 members (excludes halogenated alkanes) is 61. The fourth-order valence-electron chi connectivity index (χ4n) is 13.5. The summed E-state index contributed by atoms with van der Waals surface area (Å²) in [5.41, 5.74) is 0. The van der Waals surface area contributed by atoms with Crippen molar-refractivity contribution >= 4 is 5.91 Å². The van der Waals surface area contributed by atoms with Gasteiger partial charge >= 0.3 is 0 Å². The zero-order chi connectivity index (χ0) is 64.9. The van der Waals surface area contributed by atoms with E-state index in [2.05, 4.69) is 31.3 Å². The Morgan fingerprint density at radius 2 is 0.633 bits per heavy atom. The zero-order valence-electron chi connectivity index (χ0n) is 60.2. The van der Waals surface area contributed by atoms with E-state index in [-0.39, 0.29) is 12.5 Å². The van der Waals surface area contributed by atoms with Gasteiger partial charge in [-0.2, -0.15) is 0 Å². The Morgan fingerprint density at radius 1 is 0.367 bits per heavy atom. The van der Waals surface area contributed by atoms with Gasteiger partial charge in [-0.15, -0.1) is 0 Å². The van der Waals surface area contributed by atoms with Gasteiger partial charge in [0.25, 0.3) is 0 Å². The average molecular weight is 1270 g/mol. The van der Waals surface area contributed by atoms with Crippen molar-refractivity contribution in [2.24, 2.45) is 0 Å². The number of rotatable bonds is 73. The highest BCUT2D eigenvalue weighted by Crippen LogP contribution is 2.24. The molecular weight excluding hydrogens is 1110 g/mol. The molecule has 0 aliphatic carbocycles. The fraction of sp³-hybridized carbons (Fsp3) is 0.938. The molecule has 0 aromatic carbocycles. The highest BCUT2D eigenvalue weighted by molar-refractivity contribution is 5.76. The van der Waals surface area contributed by atoms with Crippen LogP contribution in [0.1, 0.15) is 431 Å². The molecule has 1 amide bonds. The van der Waals surface area contributed by atoms with Gasteiger partial charge in [0.05, 0.1) is 25.4 Å². The summed E-state index contributed by atoms with van der Waals surface area (Å²) in [4.78, 5) is 13.2. The molecule has 7 atom stereocenters. The molecule has 1 fully saturated rings. The summed E-state index contributed by atoms with van der Waals surface area (Å²) in [5.74, 6) is -0.176. The largest absolute Gasteiger partial charge is 0.394 e. The number of nitrogens with one attached hydrogen (secondary N) is 1. The van der Waals surface area contributed by atoms with Crippen molar-refractivity contribution in [1.82, 2.24) is 5.32 Å². The second-order valence-electron chi connectivity index (χ2n) is 28.6. The second kappa shape index (κ2) is 70.5. The van der Waals surface area contributed by atoms with Crippen LogP contribution in [-0.4, -0.2) is 87.5 Å². The SMILES string of the molecule is CCCCCCCCCCCCCCCCCCCCCCCCCCCCC/C=C/CC/C=C/C(O)C(COC1OC(CO)C(O)C(O)C1O)NC(=O)CCCCCCCCCCCCCCCCCCCCCCCCCCCCCCCCCCCC. The molecule has 0 saturated carbocycles. The van der Waals surface area contributed by atoms with Gasteiger partial charge in [-0.1, -0.05) is 417 Å². The number of ether oxygens (including phenoxy) is 2. The smallest absolute Gasteiger partial charge is 0.220 e. The lowest BCUT2D eigenvalue weighted by Gasteiger charge is -2.40. The van der Waals surface area contributed by atoms with Crippen LogP contribution in [0.5, 0.6) is 0 Å². The summed E-state index contributed by atoms with van der Waals surface area (Å²) in [6.45, 7) is 3.84. The first-order chi connectivity index (χ1) is 44.3. The first kappa shape index (κ1) is 86.7. The summed E-state index contributed by atoms with van der Waals surface area (Å²) >= 11 is 0. The Morgan fingerprint density at radius 3 is 0.933 bits per heavy atom. The van der Waals surface area contributed by atoms with Crippen LogP contribution in [-0.2, 0) is 14.3 Å². The molecule has 534 valence electrons. The fourth-order valence-corrected chi connectivity index (χ4v) is 13.5. The predicted molar refractivity (Wildman–Crippen MR) is 387 cm³/mol. The van der Waals surface area contributed by atoms with E-state index in [1.165, 1.54) is 372 Å². The van der Waals surface area contributed by atoms with Crippen molar-refractivity contribution in [2.45, 2.75) is 474 Å². The molecule has 1 aliphatic rings. The summed E-state index contributed by atoms with van der Waals surface area (Å²) < 4.78 is 11.3. The number of hydrogen-bond donors (Lipinski definition) is 6. The molecule has 90 heavy (non-hydrogen) atoms. The molecule has 0 bridgehead atoms. The zero-order valence-corrected chi connectivity index (χ0v) is 60.2. The molecule has 6 N–H and O–H groups in total. The van der Waals surface area contributed by atoms with Crippen LogP contribution in [0.25, 0.3) is 0 Å². The molecule has 1 aliphatic heterocycles. The van der Waals surface area contributed by atoms with Gasteiger partial charge in [-0.05, 0) is 32.1 Å². The van der Waals surface area contributed by atoms with E-state index < -0.39 is 49.5 Å². The maximum Gasteiger partial charge on any atom is 0.220 e. The molecule has 0 aromatic heterocycles. The minimum absolute atomic E-state index is 0.176. The topological polar surface area (TPSA) is 149 Å². The quantitative estimate of drug-likeness (QED) is 0.0261. The van der Waals surface area contributed by atoms with E-state index >= 15 is 0 Å². The summed E-state index contributed by atoms with van der Waals surface area (Å²) in [7, 11) is 0. The molecule has 0 radical (unpaired) electrons. The minimum Gasteiger partial charge on any atom is -0.394 e. The molecule has 0 aromatic rings. The van der Waals surface area contributed by atoms with E-state index in [0.29, 0.717) is 6.42 Å². The number of carbonyl (C=O) groups is 1. The number of aliphatic hydroxyl groups excluding tert-OH is 5. The summed E-state index contributed by atoms with van der Waals surface area (Å²) in [6.07, 6.45) is 87.8. The maximum absolute atomic E-state index is 13.2. The summed E-state index contributed by atoms with van der Waals surface area (Å²) in [5, 5.41) is 54.9. The van der Waals surface area contributed by atoms with Crippen LogP contribution in [0, 0.1) is 0 Å². The van der Waals surface area contributed by atoms with Gasteiger partial charge in [0.15, 0.2) is 6.29 Å². The minimum atomic E-state index is -1.57. The van der Waals surface area contributed by atoms with Crippen LogP contribution in [0.3, 0.4) is 0 Å². The van der Waals surface area contributed by atoms with Crippen molar-refractivity contribution < 1.29 is 39.8 Å². The van der Waals surface area contributed by atoms with Gasteiger partial charge in [0.1, 0.15) is 24.4 Å². The van der Waals surface area contributed by atoms with Crippen LogP contribution in [0.2, 0.25) is 0 Å². The molecule has 7 unspecified atom stereocenters. The third-order valence-corrected chi connectivity index (χ3v) is 19.8. The first-order valence-electron chi connectivity index (χ1n) is 40.6. The molecule has 0 spiro atoms. The number of allylic oxidation sites excluding steroid dienone is 3. The molecular formula is C81H157NO8. The Bertz CT molecular complexity index is 1480. The molecule has 1 heterocycles. The number of aliphatic hydroxyl groups is 5. The van der Waals surface area contributed by atoms with Crippen molar-refractivity contribution in [2.75, 3.05) is 13.2 Å². The monoisotopic (exact) mass is 1270 g/mol. The highest BCUT2D eigenvalue weighted by atomic mass is 16.7. The second-order valence-corrected chi connectivity index (χ2v) is 28.6.